The predicted molar refractivity (Wildman–Crippen MR) is 205 cm³/mol. The lowest BCUT2D eigenvalue weighted by Crippen LogP contribution is -2.25. The van der Waals surface area contributed by atoms with Crippen LogP contribution in [0.15, 0.2) is 182 Å². The third kappa shape index (κ3) is 4.49. The first kappa shape index (κ1) is 28.4. The Morgan fingerprint density at radius 1 is 0.375 bits per heavy atom. The molecule has 0 radical (unpaired) electrons. The van der Waals surface area contributed by atoms with Gasteiger partial charge in [-0.15, -0.1) is 0 Å². The van der Waals surface area contributed by atoms with Crippen LogP contribution in [-0.4, -0.2) is 4.98 Å². The smallest absolute Gasteiger partial charge is 0.171 e. The van der Waals surface area contributed by atoms with Crippen molar-refractivity contribution in [3.05, 3.63) is 182 Å². The summed E-state index contributed by atoms with van der Waals surface area (Å²) < 4.78 is 15.4. The Morgan fingerprint density at radius 2 is 0.938 bits per heavy atom. The molecular weight excluding hydrogens is 601 g/mol. The van der Waals surface area contributed by atoms with E-state index in [0.717, 1.165) is 54.1 Å². The molecule has 3 heteroatoms. The molecule has 1 aromatic heterocycles. The van der Waals surface area contributed by atoms with Crippen molar-refractivity contribution in [2.45, 2.75) is 0 Å². The highest BCUT2D eigenvalue weighted by atomic mass is 31.2. The van der Waals surface area contributed by atoms with Crippen LogP contribution in [0.4, 0.5) is 0 Å². The molecule has 0 amide bonds. The van der Waals surface area contributed by atoms with Crippen molar-refractivity contribution in [1.29, 1.82) is 0 Å². The molecule has 0 aliphatic rings. The fraction of sp³-hybridized carbons (Fsp3) is 0. The molecule has 1 heterocycles. The lowest BCUT2D eigenvalue weighted by Gasteiger charge is -2.23. The molecule has 9 aromatic rings. The lowest BCUT2D eigenvalue weighted by atomic mass is 9.91. The fourth-order valence-corrected chi connectivity index (χ4v) is 10.2. The van der Waals surface area contributed by atoms with E-state index in [1.54, 1.807) is 0 Å². The van der Waals surface area contributed by atoms with Crippen molar-refractivity contribution < 1.29 is 4.57 Å². The van der Waals surface area contributed by atoms with E-state index in [0.29, 0.717) is 0 Å². The van der Waals surface area contributed by atoms with Crippen LogP contribution in [0.1, 0.15) is 0 Å². The van der Waals surface area contributed by atoms with Crippen molar-refractivity contribution in [3.63, 3.8) is 0 Å². The maximum absolute atomic E-state index is 15.4. The summed E-state index contributed by atoms with van der Waals surface area (Å²) in [6.07, 6.45) is 1.89. The number of fused-ring (bicyclic) bond motifs is 7. The van der Waals surface area contributed by atoms with E-state index in [-0.39, 0.29) is 0 Å². The van der Waals surface area contributed by atoms with Gasteiger partial charge in [-0.1, -0.05) is 152 Å². The molecule has 0 unspecified atom stereocenters. The molecular formula is C45H30NOP. The fourth-order valence-electron chi connectivity index (χ4n) is 7.30. The van der Waals surface area contributed by atoms with Gasteiger partial charge in [0.15, 0.2) is 7.14 Å². The van der Waals surface area contributed by atoms with E-state index in [2.05, 4.69) is 103 Å². The van der Waals surface area contributed by atoms with Crippen LogP contribution in [0.2, 0.25) is 0 Å². The molecule has 9 rings (SSSR count). The third-order valence-electron chi connectivity index (χ3n) is 9.58. The maximum Gasteiger partial charge on any atom is 0.171 e. The molecule has 0 N–H and O–H groups in total. The van der Waals surface area contributed by atoms with Gasteiger partial charge in [0, 0.05) is 32.9 Å². The van der Waals surface area contributed by atoms with Crippen molar-refractivity contribution in [2.75, 3.05) is 0 Å². The van der Waals surface area contributed by atoms with Crippen molar-refractivity contribution in [1.82, 2.24) is 4.98 Å². The van der Waals surface area contributed by atoms with Gasteiger partial charge in [-0.3, -0.25) is 4.98 Å². The predicted octanol–water partition coefficient (Wildman–Crippen LogP) is 10.7. The Bertz CT molecular complexity index is 2620. The number of rotatable bonds is 5. The summed E-state index contributed by atoms with van der Waals surface area (Å²) in [4.78, 5) is 4.94. The zero-order valence-corrected chi connectivity index (χ0v) is 27.0. The van der Waals surface area contributed by atoms with E-state index in [1.807, 2.05) is 79.0 Å². The molecule has 8 aromatic carbocycles. The Morgan fingerprint density at radius 3 is 1.65 bits per heavy atom. The molecule has 0 spiro atoms. The Labute approximate surface area is 279 Å². The Kier molecular flexibility index (Phi) is 6.78. The average molecular weight is 632 g/mol. The van der Waals surface area contributed by atoms with E-state index < -0.39 is 7.14 Å². The molecule has 0 saturated heterocycles. The monoisotopic (exact) mass is 631 g/mol. The topological polar surface area (TPSA) is 30.0 Å². The number of hydrogen-bond acceptors (Lipinski definition) is 2. The molecule has 48 heavy (non-hydrogen) atoms. The first-order chi connectivity index (χ1) is 23.7. The molecule has 2 nitrogen and oxygen atoms in total. The molecule has 0 aliphatic heterocycles. The summed E-state index contributed by atoms with van der Waals surface area (Å²) in [7, 11) is -3.17. The zero-order chi connectivity index (χ0) is 32.1. The third-order valence-corrected chi connectivity index (χ3v) is 12.7. The van der Waals surface area contributed by atoms with E-state index >= 15 is 4.57 Å². The van der Waals surface area contributed by atoms with E-state index in [1.165, 1.54) is 27.3 Å². The molecule has 226 valence electrons. The number of hydrogen-bond donors (Lipinski definition) is 0. The summed E-state index contributed by atoms with van der Waals surface area (Å²) in [6.45, 7) is 0. The van der Waals surface area contributed by atoms with Crippen LogP contribution in [-0.2, 0) is 4.57 Å². The van der Waals surface area contributed by atoms with Crippen molar-refractivity contribution in [3.8, 4) is 22.3 Å². The summed E-state index contributed by atoms with van der Waals surface area (Å²) in [6, 6.07) is 60.7. The Hall–Kier alpha value is -5.82. The van der Waals surface area contributed by atoms with Crippen molar-refractivity contribution in [2.24, 2.45) is 0 Å². The lowest BCUT2D eigenvalue weighted by molar-refractivity contribution is 0.592. The molecule has 0 fully saturated rings. The van der Waals surface area contributed by atoms with Crippen LogP contribution < -0.4 is 15.9 Å². The SMILES string of the molecule is O=P(c1ccccc1)(c1ccccc1)c1ccc(-c2ccc3c4ccc(-c5ccccc5)cc4c4cccnc4c3c2)c2ccccc12. The summed E-state index contributed by atoms with van der Waals surface area (Å²) >= 11 is 0. The minimum Gasteiger partial charge on any atom is -0.309 e. The second kappa shape index (κ2) is 11.5. The minimum absolute atomic E-state index is 0.833. The van der Waals surface area contributed by atoms with Crippen LogP contribution in [0, 0.1) is 0 Å². The van der Waals surface area contributed by atoms with Crippen LogP contribution in [0.25, 0.3) is 65.5 Å². The van der Waals surface area contributed by atoms with Gasteiger partial charge < -0.3 is 4.57 Å². The highest BCUT2D eigenvalue weighted by Crippen LogP contribution is 2.46. The molecule has 0 aliphatic carbocycles. The normalized spacial score (nSPS) is 11.8. The standard InChI is InChI=1S/C45H30NOP/c47-48(34-15-6-2-7-16-34,35-17-8-3-9-18-35)44-27-26-36(37-19-10-11-20-40(37)44)33-23-25-39-38-24-22-32(31-13-4-1-5-14-31)29-42(38)41-21-12-28-46-45(41)43(39)30-33/h1-30H. The first-order valence-electron chi connectivity index (χ1n) is 16.2. The van der Waals surface area contributed by atoms with E-state index in [9.17, 15) is 0 Å². The highest BCUT2D eigenvalue weighted by molar-refractivity contribution is 7.85. The Balaban J connectivity index is 1.27. The second-order valence-electron chi connectivity index (χ2n) is 12.2. The number of pyridine rings is 1. The number of benzene rings is 8. The number of aromatic nitrogens is 1. The van der Waals surface area contributed by atoms with Gasteiger partial charge in [0.05, 0.1) is 5.52 Å². The average Bonchev–Trinajstić information content (AvgIpc) is 3.18. The van der Waals surface area contributed by atoms with Crippen LogP contribution in [0.3, 0.4) is 0 Å². The number of nitrogens with zero attached hydrogens (tertiary/aromatic N) is 1. The highest BCUT2D eigenvalue weighted by Gasteiger charge is 2.31. The molecule has 0 bridgehead atoms. The largest absolute Gasteiger partial charge is 0.309 e. The minimum atomic E-state index is -3.17. The van der Waals surface area contributed by atoms with Crippen molar-refractivity contribution >= 4 is 66.3 Å². The van der Waals surface area contributed by atoms with Gasteiger partial charge in [0.2, 0.25) is 0 Å². The van der Waals surface area contributed by atoms with Gasteiger partial charge in [-0.2, -0.15) is 0 Å². The summed E-state index contributed by atoms with van der Waals surface area (Å²) in [5.74, 6) is 0. The van der Waals surface area contributed by atoms with Gasteiger partial charge in [-0.05, 0) is 73.5 Å². The van der Waals surface area contributed by atoms with Gasteiger partial charge in [0.25, 0.3) is 0 Å². The molecule has 0 atom stereocenters. The second-order valence-corrected chi connectivity index (χ2v) is 15.0. The molecule has 0 saturated carbocycles. The summed E-state index contributed by atoms with van der Waals surface area (Å²) in [5, 5.41) is 10.4. The van der Waals surface area contributed by atoms with E-state index in [4.69, 9.17) is 4.98 Å². The summed E-state index contributed by atoms with van der Waals surface area (Å²) in [5.41, 5.74) is 5.59. The first-order valence-corrected chi connectivity index (χ1v) is 17.9. The quantitative estimate of drug-likeness (QED) is 0.140. The maximum atomic E-state index is 15.4. The van der Waals surface area contributed by atoms with Gasteiger partial charge >= 0.3 is 0 Å². The van der Waals surface area contributed by atoms with Crippen LogP contribution >= 0.6 is 7.14 Å². The van der Waals surface area contributed by atoms with Gasteiger partial charge in [0.1, 0.15) is 0 Å². The van der Waals surface area contributed by atoms with Crippen LogP contribution in [0.5, 0.6) is 0 Å². The zero-order valence-electron chi connectivity index (χ0n) is 26.1. The van der Waals surface area contributed by atoms with Gasteiger partial charge in [-0.25, -0.2) is 0 Å².